The zero-order valence-electron chi connectivity index (χ0n) is 37.1. The number of aliphatic carboxylic acids is 1. The molecule has 4 heterocycles. The molecular formula is C43H67N7O11. The molecule has 61 heavy (non-hydrogen) atoms. The first kappa shape index (κ1) is 47.8. The molecule has 0 bridgehead atoms. The van der Waals surface area contributed by atoms with E-state index in [1.807, 2.05) is 64.2 Å². The molecule has 18 heteroatoms. The minimum Gasteiger partial charge on any atom is -0.481 e. The lowest BCUT2D eigenvalue weighted by Gasteiger charge is -2.45. The maximum absolute atomic E-state index is 14.3. The van der Waals surface area contributed by atoms with E-state index in [1.165, 1.54) is 7.11 Å². The average Bonchev–Trinajstić information content (AvgIpc) is 3.78. The highest BCUT2D eigenvalue weighted by atomic mass is 16.7. The van der Waals surface area contributed by atoms with Crippen LogP contribution in [0.5, 0.6) is 0 Å². The van der Waals surface area contributed by atoms with Crippen LogP contribution in [-0.4, -0.2) is 153 Å². The van der Waals surface area contributed by atoms with E-state index in [0.29, 0.717) is 56.7 Å². The van der Waals surface area contributed by atoms with Crippen molar-refractivity contribution in [1.29, 1.82) is 0 Å². The summed E-state index contributed by atoms with van der Waals surface area (Å²) in [6, 6.07) is 6.09. The minimum absolute atomic E-state index is 0.100. The van der Waals surface area contributed by atoms with Gasteiger partial charge in [-0.15, -0.1) is 5.10 Å². The van der Waals surface area contributed by atoms with Gasteiger partial charge in [-0.25, -0.2) is 4.79 Å². The molecule has 0 radical (unpaired) electrons. The first-order valence-corrected chi connectivity index (χ1v) is 21.4. The Kier molecular flexibility index (Phi) is 15.9. The molecule has 0 saturated carbocycles. The van der Waals surface area contributed by atoms with E-state index < -0.39 is 84.4 Å². The van der Waals surface area contributed by atoms with Crippen LogP contribution in [0.25, 0.3) is 11.3 Å². The number of benzene rings is 1. The number of Topliss-reactive ketones (excluding diaryl/α,β-unsaturated/α-hetero) is 1. The Bertz CT molecular complexity index is 1830. The fraction of sp³-hybridized carbons (Fsp3) is 0.721. The van der Waals surface area contributed by atoms with Gasteiger partial charge in [-0.1, -0.05) is 31.2 Å². The average molecular weight is 858 g/mol. The molecule has 3 unspecified atom stereocenters. The first-order chi connectivity index (χ1) is 28.8. The number of carboxylic acid groups (broad SMARTS) is 1. The number of esters is 1. The molecule has 12 atom stereocenters. The smallest absolute Gasteiger partial charge is 0.410 e. The molecule has 2 aromatic rings. The number of unbranched alkanes of at least 4 members (excludes halogenated alkanes) is 1. The molecule has 3 aliphatic rings. The normalized spacial score (nSPS) is 34.3. The van der Waals surface area contributed by atoms with Crippen LogP contribution in [0.3, 0.4) is 0 Å². The van der Waals surface area contributed by atoms with Gasteiger partial charge in [0.2, 0.25) is 0 Å². The van der Waals surface area contributed by atoms with Crippen molar-refractivity contribution in [1.82, 2.24) is 30.1 Å². The van der Waals surface area contributed by atoms with E-state index in [4.69, 9.17) is 29.4 Å². The maximum Gasteiger partial charge on any atom is 0.410 e. The highest BCUT2D eigenvalue weighted by Gasteiger charge is 2.58. The zero-order chi connectivity index (χ0) is 44.8. The lowest BCUT2D eigenvalue weighted by molar-refractivity contribution is -0.289. The Balaban J connectivity index is 1.41. The summed E-state index contributed by atoms with van der Waals surface area (Å²) in [7, 11) is 5.21. The van der Waals surface area contributed by atoms with Crippen LogP contribution in [0.4, 0.5) is 10.5 Å². The van der Waals surface area contributed by atoms with Gasteiger partial charge >= 0.3 is 18.0 Å². The van der Waals surface area contributed by atoms with Crippen LogP contribution in [0.15, 0.2) is 30.5 Å². The fourth-order valence-electron chi connectivity index (χ4n) is 9.27. The van der Waals surface area contributed by atoms with E-state index in [-0.39, 0.29) is 30.5 Å². The number of amides is 1. The highest BCUT2D eigenvalue weighted by Crippen LogP contribution is 2.40. The maximum atomic E-state index is 14.3. The number of anilines is 1. The second-order valence-corrected chi connectivity index (χ2v) is 17.8. The van der Waals surface area contributed by atoms with Gasteiger partial charge in [0.15, 0.2) is 11.9 Å². The molecule has 1 amide bonds. The Labute approximate surface area is 358 Å². The molecule has 5 rings (SSSR count). The monoisotopic (exact) mass is 857 g/mol. The SMILES string of the molecule is CC[C@H]1OC(=O)[C@H](CC(=O)O)C(=O)C[C@@H](O[C@@H]2OC(C)CC(N(C)C)C2O)[C@](C)(OC)C[C@@H](C)CN[C@H](C)[C@H]2N(CCCCn3cc(-c4cccc(N)c4)nn3)C(=O)O[C@]12C. The molecule has 5 N–H and O–H groups in total. The molecule has 1 aromatic carbocycles. The van der Waals surface area contributed by atoms with E-state index >= 15 is 0 Å². The minimum atomic E-state index is -1.71. The number of ether oxygens (including phenoxy) is 5. The van der Waals surface area contributed by atoms with Gasteiger partial charge in [0, 0.05) is 50.0 Å². The number of ketones is 1. The summed E-state index contributed by atoms with van der Waals surface area (Å²) in [4.78, 5) is 58.1. The number of nitrogen functional groups attached to an aromatic ring is 1. The summed E-state index contributed by atoms with van der Waals surface area (Å²) in [6.07, 6.45) is -2.25. The number of carbonyl (C=O) groups excluding carboxylic acids is 3. The van der Waals surface area contributed by atoms with Gasteiger partial charge < -0.3 is 49.8 Å². The molecule has 1 aromatic heterocycles. The third kappa shape index (κ3) is 11.3. The third-order valence-electron chi connectivity index (χ3n) is 12.7. The van der Waals surface area contributed by atoms with Crippen molar-refractivity contribution >= 4 is 29.5 Å². The number of carboxylic acids is 1. The van der Waals surface area contributed by atoms with E-state index in [0.717, 1.165) is 5.56 Å². The molecule has 3 fully saturated rings. The Morgan fingerprint density at radius 2 is 1.85 bits per heavy atom. The van der Waals surface area contributed by atoms with Crippen LogP contribution in [0, 0.1) is 11.8 Å². The van der Waals surface area contributed by atoms with Crippen LogP contribution >= 0.6 is 0 Å². The number of methoxy groups -OCH3 is 1. The molecule has 0 spiro atoms. The van der Waals surface area contributed by atoms with E-state index in [1.54, 1.807) is 36.4 Å². The number of nitrogens with one attached hydrogen (secondary N) is 1. The molecule has 3 aliphatic heterocycles. The second-order valence-electron chi connectivity index (χ2n) is 17.8. The van der Waals surface area contributed by atoms with E-state index in [2.05, 4.69) is 15.6 Å². The lowest BCUT2D eigenvalue weighted by atomic mass is 9.83. The van der Waals surface area contributed by atoms with Crippen LogP contribution in [0.2, 0.25) is 0 Å². The van der Waals surface area contributed by atoms with Crippen molar-refractivity contribution in [2.45, 2.75) is 153 Å². The number of aliphatic hydroxyl groups is 1. The number of hydrogen-bond donors (Lipinski definition) is 4. The number of cyclic esters (lactones) is 1. The van der Waals surface area contributed by atoms with Crippen molar-refractivity contribution < 1.29 is 53.1 Å². The molecule has 340 valence electrons. The number of aliphatic hydroxyl groups excluding tert-OH is 1. The predicted octanol–water partition coefficient (Wildman–Crippen LogP) is 3.49. The zero-order valence-corrected chi connectivity index (χ0v) is 37.1. The summed E-state index contributed by atoms with van der Waals surface area (Å²) in [6.45, 7) is 12.5. The summed E-state index contributed by atoms with van der Waals surface area (Å²) in [5, 5.41) is 33.5. The summed E-state index contributed by atoms with van der Waals surface area (Å²) in [5.74, 6) is -4.96. The Morgan fingerprint density at radius 3 is 2.51 bits per heavy atom. The van der Waals surface area contributed by atoms with Crippen molar-refractivity contribution in [2.75, 3.05) is 40.0 Å². The van der Waals surface area contributed by atoms with Crippen LogP contribution in [0.1, 0.15) is 86.5 Å². The number of fused-ring (bicyclic) bond motifs is 1. The van der Waals surface area contributed by atoms with Gasteiger partial charge in [0.25, 0.3) is 0 Å². The van der Waals surface area contributed by atoms with Gasteiger partial charge in [-0.2, -0.15) is 0 Å². The summed E-state index contributed by atoms with van der Waals surface area (Å²) in [5.41, 5.74) is 5.58. The summed E-state index contributed by atoms with van der Waals surface area (Å²) < 4.78 is 32.7. The highest BCUT2D eigenvalue weighted by molar-refractivity contribution is 6.01. The number of hydrogen-bond acceptors (Lipinski definition) is 15. The third-order valence-corrected chi connectivity index (χ3v) is 12.7. The quantitative estimate of drug-likeness (QED) is 0.0978. The number of carbonyl (C=O) groups is 4. The lowest BCUT2D eigenvalue weighted by Crippen LogP contribution is -2.61. The number of aromatic nitrogens is 3. The Morgan fingerprint density at radius 1 is 1.13 bits per heavy atom. The van der Waals surface area contributed by atoms with Gasteiger partial charge in [0.1, 0.15) is 29.6 Å². The van der Waals surface area contributed by atoms with Gasteiger partial charge in [0.05, 0.1) is 36.5 Å². The molecule has 0 aliphatic carbocycles. The van der Waals surface area contributed by atoms with Crippen molar-refractivity contribution in [3.05, 3.63) is 30.5 Å². The number of rotatable bonds is 13. The number of aryl methyl sites for hydroxylation is 1. The number of likely N-dealkylation sites (N-methyl/N-ethyl adjacent to an activating group) is 1. The van der Waals surface area contributed by atoms with Crippen LogP contribution < -0.4 is 11.1 Å². The van der Waals surface area contributed by atoms with Gasteiger partial charge in [-0.3, -0.25) is 24.0 Å². The van der Waals surface area contributed by atoms with Crippen LogP contribution in [-0.2, 0) is 44.6 Å². The number of nitrogens with two attached hydrogens (primary N) is 1. The van der Waals surface area contributed by atoms with Crippen molar-refractivity contribution in [2.24, 2.45) is 11.8 Å². The van der Waals surface area contributed by atoms with Crippen molar-refractivity contribution in [3.63, 3.8) is 0 Å². The van der Waals surface area contributed by atoms with E-state index in [9.17, 15) is 29.4 Å². The molecular weight excluding hydrogens is 791 g/mol. The standard InChI is InChI=1S/C43H67N7O11/c1-10-34-43(6)38(50(41(56)61-43)17-12-11-16-49-24-31(46-47-49)28-14-13-15-29(44)19-28)27(4)45-23-25(2)22-42(5,57-9)35(21-33(51)30(20-36(52)53)39(55)59-34)60-40-37(54)32(48(7)8)18-26(3)58-40/h13-15,19,24-27,30,32,34-35,37-38,40,45,54H,10-12,16-18,20-23,44H2,1-9H3,(H,52,53)/t25-,26?,27-,30-,32?,34-,35-,37?,38-,40+,42-,43-/m1/s1. The topological polar surface area (TPSA) is 230 Å². The first-order valence-electron chi connectivity index (χ1n) is 21.4. The number of nitrogens with zero attached hydrogens (tertiary/aromatic N) is 5. The predicted molar refractivity (Wildman–Crippen MR) is 224 cm³/mol. The fourth-order valence-corrected chi connectivity index (χ4v) is 9.27. The summed E-state index contributed by atoms with van der Waals surface area (Å²) >= 11 is 0. The largest absolute Gasteiger partial charge is 0.481 e. The molecule has 3 saturated heterocycles. The Hall–Kier alpha value is -4.20. The molecule has 18 nitrogen and oxygen atoms in total. The van der Waals surface area contributed by atoms with Crippen molar-refractivity contribution in [3.8, 4) is 11.3 Å². The second kappa shape index (κ2) is 20.3. The van der Waals surface area contributed by atoms with Gasteiger partial charge in [-0.05, 0) is 98.5 Å².